The molecule has 2 heterocycles. The zero-order chi connectivity index (χ0) is 14.5. The van der Waals surface area contributed by atoms with E-state index >= 15 is 0 Å². The van der Waals surface area contributed by atoms with E-state index in [1.165, 1.54) is 15.3 Å². The van der Waals surface area contributed by atoms with Gasteiger partial charge in [0.15, 0.2) is 0 Å². The third kappa shape index (κ3) is 3.38. The number of nitrogens with zero attached hydrogens (tertiary/aromatic N) is 1. The first-order chi connectivity index (χ1) is 9.65. The number of thiophene rings is 1. The van der Waals surface area contributed by atoms with Crippen LogP contribution in [0.5, 0.6) is 5.75 Å². The number of hydrogen-bond acceptors (Lipinski definition) is 4. The zero-order valence-corrected chi connectivity index (χ0v) is 13.4. The Morgan fingerprint density at radius 3 is 2.65 bits per heavy atom. The van der Waals surface area contributed by atoms with Gasteiger partial charge in [-0.15, -0.1) is 11.3 Å². The van der Waals surface area contributed by atoms with Gasteiger partial charge in [-0.1, -0.05) is 6.92 Å². The van der Waals surface area contributed by atoms with Crippen LogP contribution in [0, 0.1) is 13.8 Å². The van der Waals surface area contributed by atoms with Gasteiger partial charge in [-0.3, -0.25) is 4.98 Å². The Labute approximate surface area is 125 Å². The van der Waals surface area contributed by atoms with Crippen LogP contribution in [0.4, 0.5) is 0 Å². The van der Waals surface area contributed by atoms with Crippen LogP contribution in [0.2, 0.25) is 0 Å². The first-order valence-corrected chi connectivity index (χ1v) is 7.85. The molecule has 0 fully saturated rings. The van der Waals surface area contributed by atoms with E-state index in [4.69, 9.17) is 4.74 Å². The monoisotopic (exact) mass is 290 g/mol. The van der Waals surface area contributed by atoms with Gasteiger partial charge >= 0.3 is 0 Å². The van der Waals surface area contributed by atoms with Crippen molar-refractivity contribution in [1.82, 2.24) is 10.3 Å². The van der Waals surface area contributed by atoms with E-state index in [9.17, 15) is 0 Å². The molecule has 0 aromatic carbocycles. The van der Waals surface area contributed by atoms with Crippen molar-refractivity contribution < 1.29 is 4.74 Å². The standard InChI is InChI=1S/C16H22N2OS/c1-5-18-16(15-7-11(3)12(4)20-15)13-8-14(19-6-2)10-17-9-13/h7-10,16,18H,5-6H2,1-4H3. The lowest BCUT2D eigenvalue weighted by Gasteiger charge is -2.17. The molecule has 0 spiro atoms. The maximum absolute atomic E-state index is 5.55. The van der Waals surface area contributed by atoms with Crippen LogP contribution in [0.15, 0.2) is 24.5 Å². The number of ether oxygens (including phenoxy) is 1. The van der Waals surface area contributed by atoms with Gasteiger partial charge in [0, 0.05) is 16.0 Å². The Morgan fingerprint density at radius 2 is 2.05 bits per heavy atom. The molecule has 4 heteroatoms. The fourth-order valence-corrected chi connectivity index (χ4v) is 3.32. The highest BCUT2D eigenvalue weighted by molar-refractivity contribution is 7.12. The van der Waals surface area contributed by atoms with Crippen molar-refractivity contribution in [1.29, 1.82) is 0 Å². The number of hydrogen-bond donors (Lipinski definition) is 1. The fraction of sp³-hybridized carbons (Fsp3) is 0.438. The summed E-state index contributed by atoms with van der Waals surface area (Å²) < 4.78 is 5.55. The molecule has 3 nitrogen and oxygen atoms in total. The van der Waals surface area contributed by atoms with Gasteiger partial charge in [-0.05, 0) is 50.6 Å². The SMILES string of the molecule is CCNC(c1cncc(OCC)c1)c1cc(C)c(C)s1. The van der Waals surface area contributed by atoms with Gasteiger partial charge in [0.25, 0.3) is 0 Å². The molecule has 1 atom stereocenters. The minimum absolute atomic E-state index is 0.185. The largest absolute Gasteiger partial charge is 0.492 e. The van der Waals surface area contributed by atoms with Crippen LogP contribution in [0.25, 0.3) is 0 Å². The second-order valence-electron chi connectivity index (χ2n) is 4.77. The molecule has 0 bridgehead atoms. The molecule has 1 unspecified atom stereocenters. The average Bonchev–Trinajstić information content (AvgIpc) is 2.76. The predicted octanol–water partition coefficient (Wildman–Crippen LogP) is 3.86. The highest BCUT2D eigenvalue weighted by atomic mass is 32.1. The molecule has 2 aromatic heterocycles. The Balaban J connectivity index is 2.34. The number of pyridine rings is 1. The first kappa shape index (κ1) is 15.0. The summed E-state index contributed by atoms with van der Waals surface area (Å²) in [4.78, 5) is 7.00. The van der Waals surface area contributed by atoms with E-state index in [2.05, 4.69) is 43.2 Å². The molecule has 0 radical (unpaired) electrons. The average molecular weight is 290 g/mol. The Bertz CT molecular complexity index is 546. The maximum Gasteiger partial charge on any atom is 0.137 e. The summed E-state index contributed by atoms with van der Waals surface area (Å²) in [6, 6.07) is 4.53. The quantitative estimate of drug-likeness (QED) is 0.877. The Kier molecular flexibility index (Phi) is 5.15. The van der Waals surface area contributed by atoms with Crippen LogP contribution in [0.3, 0.4) is 0 Å². The molecular weight excluding hydrogens is 268 g/mol. The van der Waals surface area contributed by atoms with Crippen LogP contribution in [-0.2, 0) is 0 Å². The summed E-state index contributed by atoms with van der Waals surface area (Å²) in [6.07, 6.45) is 3.68. The van der Waals surface area contributed by atoms with Crippen LogP contribution < -0.4 is 10.1 Å². The van der Waals surface area contributed by atoms with Crippen molar-refractivity contribution in [3.63, 3.8) is 0 Å². The number of rotatable bonds is 6. The van der Waals surface area contributed by atoms with Crippen molar-refractivity contribution in [2.45, 2.75) is 33.7 Å². The molecule has 0 aliphatic carbocycles. The van der Waals surface area contributed by atoms with Gasteiger partial charge in [0.05, 0.1) is 18.8 Å². The van der Waals surface area contributed by atoms with Crippen molar-refractivity contribution in [3.05, 3.63) is 45.4 Å². The third-order valence-corrected chi connectivity index (χ3v) is 4.47. The van der Waals surface area contributed by atoms with Gasteiger partial charge in [-0.25, -0.2) is 0 Å². The van der Waals surface area contributed by atoms with Gasteiger partial charge in [0.1, 0.15) is 5.75 Å². The number of aryl methyl sites for hydroxylation is 2. The minimum Gasteiger partial charge on any atom is -0.492 e. The first-order valence-electron chi connectivity index (χ1n) is 7.03. The molecule has 0 aliphatic rings. The van der Waals surface area contributed by atoms with Crippen LogP contribution in [0.1, 0.15) is 40.8 Å². The topological polar surface area (TPSA) is 34.2 Å². The number of aromatic nitrogens is 1. The van der Waals surface area contributed by atoms with Crippen molar-refractivity contribution in [3.8, 4) is 5.75 Å². The lowest BCUT2D eigenvalue weighted by molar-refractivity contribution is 0.338. The summed E-state index contributed by atoms with van der Waals surface area (Å²) in [5.41, 5.74) is 2.50. The van der Waals surface area contributed by atoms with E-state index in [0.717, 1.165) is 17.9 Å². The van der Waals surface area contributed by atoms with E-state index in [1.54, 1.807) is 6.20 Å². The molecule has 2 aromatic rings. The van der Waals surface area contributed by atoms with E-state index in [1.807, 2.05) is 24.5 Å². The lowest BCUT2D eigenvalue weighted by atomic mass is 10.1. The second-order valence-corrected chi connectivity index (χ2v) is 6.05. The highest BCUT2D eigenvalue weighted by Gasteiger charge is 2.17. The highest BCUT2D eigenvalue weighted by Crippen LogP contribution is 2.31. The molecule has 20 heavy (non-hydrogen) atoms. The van der Waals surface area contributed by atoms with Gasteiger partial charge < -0.3 is 10.1 Å². The van der Waals surface area contributed by atoms with Gasteiger partial charge in [-0.2, -0.15) is 0 Å². The van der Waals surface area contributed by atoms with Crippen molar-refractivity contribution in [2.75, 3.05) is 13.2 Å². The Morgan fingerprint density at radius 1 is 1.25 bits per heavy atom. The summed E-state index contributed by atoms with van der Waals surface area (Å²) in [5, 5.41) is 3.54. The molecule has 108 valence electrons. The summed E-state index contributed by atoms with van der Waals surface area (Å²) in [5.74, 6) is 0.831. The van der Waals surface area contributed by atoms with Crippen LogP contribution in [-0.4, -0.2) is 18.1 Å². The second kappa shape index (κ2) is 6.86. The normalized spacial score (nSPS) is 12.4. The van der Waals surface area contributed by atoms with Crippen molar-refractivity contribution in [2.24, 2.45) is 0 Å². The number of nitrogens with one attached hydrogen (secondary N) is 1. The molecular formula is C16H22N2OS. The summed E-state index contributed by atoms with van der Waals surface area (Å²) in [6.45, 7) is 10.0. The van der Waals surface area contributed by atoms with Crippen molar-refractivity contribution >= 4 is 11.3 Å². The Hall–Kier alpha value is -1.39. The van der Waals surface area contributed by atoms with E-state index in [-0.39, 0.29) is 6.04 Å². The molecule has 1 N–H and O–H groups in total. The summed E-state index contributed by atoms with van der Waals surface area (Å²) >= 11 is 1.85. The van der Waals surface area contributed by atoms with E-state index in [0.29, 0.717) is 6.61 Å². The minimum atomic E-state index is 0.185. The maximum atomic E-state index is 5.55. The molecule has 0 aliphatic heterocycles. The lowest BCUT2D eigenvalue weighted by Crippen LogP contribution is -2.21. The fourth-order valence-electron chi connectivity index (χ4n) is 2.17. The molecule has 2 rings (SSSR count). The van der Waals surface area contributed by atoms with E-state index < -0.39 is 0 Å². The van der Waals surface area contributed by atoms with Gasteiger partial charge in [0.2, 0.25) is 0 Å². The zero-order valence-electron chi connectivity index (χ0n) is 12.6. The molecule has 0 saturated carbocycles. The summed E-state index contributed by atoms with van der Waals surface area (Å²) in [7, 11) is 0. The third-order valence-electron chi connectivity index (χ3n) is 3.26. The molecule has 0 amide bonds. The molecule has 0 saturated heterocycles. The van der Waals surface area contributed by atoms with Crippen LogP contribution >= 0.6 is 11.3 Å². The predicted molar refractivity (Wildman–Crippen MR) is 84.7 cm³/mol. The smallest absolute Gasteiger partial charge is 0.137 e.